The number of anilines is 1. The second-order valence-electron chi connectivity index (χ2n) is 7.28. The summed E-state index contributed by atoms with van der Waals surface area (Å²) in [7, 11) is 0. The molecule has 0 atom stereocenters. The van der Waals surface area contributed by atoms with E-state index in [1.54, 1.807) is 18.2 Å². The fourth-order valence-electron chi connectivity index (χ4n) is 3.42. The van der Waals surface area contributed by atoms with Gasteiger partial charge in [0.2, 0.25) is 5.91 Å². The van der Waals surface area contributed by atoms with E-state index in [0.29, 0.717) is 20.4 Å². The molecule has 32 heavy (non-hydrogen) atoms. The molecule has 2 heterocycles. The molecular formula is C23H22N4O3S2. The zero-order valence-corrected chi connectivity index (χ0v) is 19.5. The number of nitrogens with one attached hydrogen (secondary N) is 1. The summed E-state index contributed by atoms with van der Waals surface area (Å²) in [4.78, 5) is 43.8. The Morgan fingerprint density at radius 2 is 1.91 bits per heavy atom. The molecule has 0 aliphatic rings. The first-order valence-electron chi connectivity index (χ1n) is 10.1. The number of fused-ring (bicyclic) bond motifs is 1. The lowest BCUT2D eigenvalue weighted by atomic mass is 10.1. The maximum atomic E-state index is 13.4. The van der Waals surface area contributed by atoms with E-state index < -0.39 is 11.2 Å². The standard InChI is InChI=1S/C23H22N4O3S2/c1-4-15-8-10-17(11-9-15)27-21(29)19-20(25-22(31-3)32-19)26(23(27)30)13-18(28)24-16-7-5-6-14(2)12-16/h5-12H,4,13H2,1-3H3,(H,24,28). The third-order valence-corrected chi connectivity index (χ3v) is 7.06. The van der Waals surface area contributed by atoms with Gasteiger partial charge in [-0.15, -0.1) is 11.3 Å². The molecule has 0 bridgehead atoms. The zero-order valence-electron chi connectivity index (χ0n) is 17.9. The van der Waals surface area contributed by atoms with E-state index in [0.717, 1.165) is 22.1 Å². The Balaban J connectivity index is 1.83. The maximum absolute atomic E-state index is 13.4. The first-order valence-corrected chi connectivity index (χ1v) is 12.1. The summed E-state index contributed by atoms with van der Waals surface area (Å²) in [6.07, 6.45) is 2.70. The molecule has 0 spiro atoms. The molecule has 4 aromatic rings. The average molecular weight is 467 g/mol. The number of benzene rings is 2. The van der Waals surface area contributed by atoms with Crippen LogP contribution in [0.3, 0.4) is 0 Å². The summed E-state index contributed by atoms with van der Waals surface area (Å²) in [6, 6.07) is 14.7. The molecule has 0 fully saturated rings. The van der Waals surface area contributed by atoms with Gasteiger partial charge in [-0.05, 0) is 55.0 Å². The molecule has 0 aliphatic carbocycles. The van der Waals surface area contributed by atoms with Gasteiger partial charge in [-0.25, -0.2) is 14.3 Å². The third kappa shape index (κ3) is 4.26. The Morgan fingerprint density at radius 1 is 1.16 bits per heavy atom. The number of carbonyl (C=O) groups is 1. The molecule has 0 saturated heterocycles. The molecule has 2 aromatic carbocycles. The smallest absolute Gasteiger partial charge is 0.325 e. The monoisotopic (exact) mass is 466 g/mol. The minimum absolute atomic E-state index is 0.232. The van der Waals surface area contributed by atoms with Gasteiger partial charge in [0.05, 0.1) is 5.69 Å². The van der Waals surface area contributed by atoms with E-state index in [9.17, 15) is 14.4 Å². The molecule has 2 aromatic heterocycles. The van der Waals surface area contributed by atoms with Crippen molar-refractivity contribution in [3.63, 3.8) is 0 Å². The van der Waals surface area contributed by atoms with Crippen molar-refractivity contribution in [2.75, 3.05) is 11.6 Å². The highest BCUT2D eigenvalue weighted by Gasteiger charge is 2.20. The number of nitrogens with zero attached hydrogens (tertiary/aromatic N) is 3. The van der Waals surface area contributed by atoms with Gasteiger partial charge < -0.3 is 5.32 Å². The largest absolute Gasteiger partial charge is 0.337 e. The van der Waals surface area contributed by atoms with Crippen molar-refractivity contribution in [2.45, 2.75) is 31.2 Å². The number of thiazole rings is 1. The van der Waals surface area contributed by atoms with Gasteiger partial charge in [0.15, 0.2) is 9.99 Å². The minimum atomic E-state index is -0.593. The fraction of sp³-hybridized carbons (Fsp3) is 0.217. The summed E-state index contributed by atoms with van der Waals surface area (Å²) in [5.74, 6) is -0.371. The second kappa shape index (κ2) is 9.13. The molecular weight excluding hydrogens is 444 g/mol. The minimum Gasteiger partial charge on any atom is -0.325 e. The van der Waals surface area contributed by atoms with Gasteiger partial charge in [-0.3, -0.25) is 14.2 Å². The molecule has 164 valence electrons. The molecule has 1 amide bonds. The Hall–Kier alpha value is -3.17. The Labute approximate surface area is 192 Å². The molecule has 0 unspecified atom stereocenters. The van der Waals surface area contributed by atoms with Gasteiger partial charge in [-0.2, -0.15) is 0 Å². The molecule has 0 saturated carbocycles. The number of aromatic nitrogens is 3. The van der Waals surface area contributed by atoms with Crippen LogP contribution < -0.4 is 16.6 Å². The lowest BCUT2D eigenvalue weighted by Gasteiger charge is -2.12. The van der Waals surface area contributed by atoms with Gasteiger partial charge in [0, 0.05) is 5.69 Å². The number of carbonyl (C=O) groups excluding carboxylic acids is 1. The SMILES string of the molecule is CCc1ccc(-n2c(=O)c3sc(SC)nc3n(CC(=O)Nc3cccc(C)c3)c2=O)cc1. The predicted octanol–water partition coefficient (Wildman–Crippen LogP) is 3.84. The summed E-state index contributed by atoms with van der Waals surface area (Å²) < 4.78 is 3.39. The van der Waals surface area contributed by atoms with Crippen molar-refractivity contribution in [1.82, 2.24) is 14.1 Å². The van der Waals surface area contributed by atoms with E-state index in [2.05, 4.69) is 10.3 Å². The van der Waals surface area contributed by atoms with E-state index >= 15 is 0 Å². The van der Waals surface area contributed by atoms with Crippen LogP contribution >= 0.6 is 23.1 Å². The van der Waals surface area contributed by atoms with Crippen molar-refractivity contribution in [3.05, 3.63) is 80.5 Å². The van der Waals surface area contributed by atoms with Gasteiger partial charge in [0.1, 0.15) is 11.2 Å². The van der Waals surface area contributed by atoms with E-state index in [1.807, 2.05) is 50.4 Å². The first-order chi connectivity index (χ1) is 15.4. The number of amides is 1. The predicted molar refractivity (Wildman–Crippen MR) is 130 cm³/mol. The highest BCUT2D eigenvalue weighted by molar-refractivity contribution is 8.00. The summed E-state index contributed by atoms with van der Waals surface area (Å²) in [5.41, 5.74) is 2.43. The highest BCUT2D eigenvalue weighted by Crippen LogP contribution is 2.25. The van der Waals surface area contributed by atoms with Gasteiger partial charge in [0.25, 0.3) is 5.56 Å². The number of aryl methyl sites for hydroxylation is 2. The number of rotatable bonds is 6. The topological polar surface area (TPSA) is 86.0 Å². The third-order valence-electron chi connectivity index (χ3n) is 5.05. The van der Waals surface area contributed by atoms with Crippen LogP contribution in [-0.2, 0) is 17.8 Å². The maximum Gasteiger partial charge on any atom is 0.337 e. The van der Waals surface area contributed by atoms with Gasteiger partial charge in [-0.1, -0.05) is 43.0 Å². The number of hydrogen-bond donors (Lipinski definition) is 1. The van der Waals surface area contributed by atoms with Crippen molar-refractivity contribution in [3.8, 4) is 5.69 Å². The van der Waals surface area contributed by atoms with Crippen LogP contribution in [0.5, 0.6) is 0 Å². The molecule has 4 rings (SSSR count). The van der Waals surface area contributed by atoms with E-state index in [1.165, 1.54) is 27.7 Å². The summed E-state index contributed by atoms with van der Waals surface area (Å²) in [5, 5.41) is 2.82. The van der Waals surface area contributed by atoms with Crippen LogP contribution in [0.15, 0.2) is 62.5 Å². The van der Waals surface area contributed by atoms with Crippen LogP contribution in [0.1, 0.15) is 18.1 Å². The van der Waals surface area contributed by atoms with E-state index in [-0.39, 0.29) is 18.1 Å². The van der Waals surface area contributed by atoms with Gasteiger partial charge >= 0.3 is 5.69 Å². The van der Waals surface area contributed by atoms with Crippen molar-refractivity contribution in [2.24, 2.45) is 0 Å². The van der Waals surface area contributed by atoms with Crippen LogP contribution in [0, 0.1) is 6.92 Å². The zero-order chi connectivity index (χ0) is 22.8. The van der Waals surface area contributed by atoms with Crippen LogP contribution in [0.4, 0.5) is 5.69 Å². The highest BCUT2D eigenvalue weighted by atomic mass is 32.2. The molecule has 9 heteroatoms. The van der Waals surface area contributed by atoms with E-state index in [4.69, 9.17) is 0 Å². The van der Waals surface area contributed by atoms with Crippen molar-refractivity contribution in [1.29, 1.82) is 0 Å². The molecule has 0 radical (unpaired) electrons. The van der Waals surface area contributed by atoms with Crippen molar-refractivity contribution < 1.29 is 4.79 Å². The lowest BCUT2D eigenvalue weighted by Crippen LogP contribution is -2.40. The molecule has 1 N–H and O–H groups in total. The second-order valence-corrected chi connectivity index (χ2v) is 9.34. The Bertz CT molecular complexity index is 1420. The Morgan fingerprint density at radius 3 is 2.56 bits per heavy atom. The first kappa shape index (κ1) is 22.0. The van der Waals surface area contributed by atoms with Crippen LogP contribution in [-0.4, -0.2) is 26.3 Å². The number of thioether (sulfide) groups is 1. The van der Waals surface area contributed by atoms with Crippen LogP contribution in [0.2, 0.25) is 0 Å². The fourth-order valence-corrected chi connectivity index (χ4v) is 4.91. The summed E-state index contributed by atoms with van der Waals surface area (Å²) >= 11 is 2.61. The molecule has 0 aliphatic heterocycles. The number of hydrogen-bond acceptors (Lipinski definition) is 6. The Kier molecular flexibility index (Phi) is 6.29. The van der Waals surface area contributed by atoms with Crippen LogP contribution in [0.25, 0.3) is 16.0 Å². The van der Waals surface area contributed by atoms with Crippen molar-refractivity contribution >= 4 is 45.0 Å². The summed E-state index contributed by atoms with van der Waals surface area (Å²) in [6.45, 7) is 3.71. The quantitative estimate of drug-likeness (QED) is 0.437. The average Bonchev–Trinajstić information content (AvgIpc) is 3.22. The molecule has 7 nitrogen and oxygen atoms in total. The lowest BCUT2D eigenvalue weighted by molar-refractivity contribution is -0.116. The normalized spacial score (nSPS) is 11.1.